The summed E-state index contributed by atoms with van der Waals surface area (Å²) in [4.78, 5) is 93.4. The number of amides is 2. The lowest BCUT2D eigenvalue weighted by Gasteiger charge is -2.32. The number of likely N-dealkylation sites (N-methyl/N-ethyl adjacent to an activating group) is 1. The van der Waals surface area contributed by atoms with E-state index in [2.05, 4.69) is 15.3 Å². The molecule has 0 saturated carbocycles. The summed E-state index contributed by atoms with van der Waals surface area (Å²) in [6.07, 6.45) is -0.701. The maximum absolute atomic E-state index is 14.9. The Morgan fingerprint density at radius 3 is 2.12 bits per heavy atom. The maximum Gasteiger partial charge on any atom is 0.280 e. The largest absolute Gasteiger partial charge is 0.492 e. The normalized spacial score (nSPS) is 16.6. The molecule has 3 aromatic carbocycles. The van der Waals surface area contributed by atoms with E-state index in [1.54, 1.807) is 69.3 Å². The topological polar surface area (TPSA) is 290 Å². The molecule has 18 heteroatoms. The zero-order valence-electron chi connectivity index (χ0n) is 40.4. The third-order valence-electron chi connectivity index (χ3n) is 12.2. The van der Waals surface area contributed by atoms with Gasteiger partial charge in [-0.3, -0.25) is 34.1 Å². The molecule has 366 valence electrons. The highest BCUT2D eigenvalue weighted by Crippen LogP contribution is 2.41. The summed E-state index contributed by atoms with van der Waals surface area (Å²) in [6.45, 7) is 11.3. The Labute approximate surface area is 402 Å². The van der Waals surface area contributed by atoms with Gasteiger partial charge in [-0.2, -0.15) is 5.26 Å². The van der Waals surface area contributed by atoms with E-state index in [0.29, 0.717) is 33.8 Å². The molecule has 7 N–H and O–H groups in total. The number of aryl methyl sites for hydroxylation is 2. The third-order valence-corrected chi connectivity index (χ3v) is 12.2. The van der Waals surface area contributed by atoms with Gasteiger partial charge in [0.25, 0.3) is 5.69 Å². The van der Waals surface area contributed by atoms with E-state index >= 15 is 0 Å². The number of nitrogens with two attached hydrogens (primary N) is 3. The van der Waals surface area contributed by atoms with Gasteiger partial charge in [0.1, 0.15) is 30.8 Å². The van der Waals surface area contributed by atoms with Crippen LogP contribution in [0, 0.1) is 47.1 Å². The number of ether oxygens (including phenoxy) is 2. The molecule has 0 fully saturated rings. The quantitative estimate of drug-likeness (QED) is 0.0540. The molecule has 0 radical (unpaired) electrons. The van der Waals surface area contributed by atoms with Crippen molar-refractivity contribution in [3.05, 3.63) is 98.4 Å². The Morgan fingerprint density at radius 1 is 0.913 bits per heavy atom. The molecule has 4 aromatic rings. The maximum atomic E-state index is 14.9. The molecule has 2 heterocycles. The van der Waals surface area contributed by atoms with E-state index in [1.165, 1.54) is 18.0 Å². The van der Waals surface area contributed by atoms with Gasteiger partial charge in [0.15, 0.2) is 23.2 Å². The highest BCUT2D eigenvalue weighted by Gasteiger charge is 2.37. The van der Waals surface area contributed by atoms with E-state index in [0.717, 1.165) is 5.56 Å². The number of carbonyl (C=O) groups excluding carboxylic acids is 5. The standard InChI is InChI=1S/C51H63N9O9/c1-29-23-43(63)47(33-11-15-45(69-22-20-55)38(26-33)37-24-32(10-14-44(37)68-21-19-54)25-39(58-49(29)64)41(61)9-8-17-52)59(7)50(65)34(16-18-53)27-42(62)46-30(2)56-48(57-31(46)3)36-13-12-35(51(4,5)6)28-40(36)60(66)67/h10-15,24,26,28-29,34,39,47H,8-9,16,18-23,25,27,53-55H2,1-7H3,(H,58,64)/t29-,34-,39+,47+/m1/s1. The van der Waals surface area contributed by atoms with Crippen LogP contribution in [0.15, 0.2) is 54.6 Å². The minimum absolute atomic E-state index is 0.0163. The van der Waals surface area contributed by atoms with E-state index in [4.69, 9.17) is 26.7 Å². The number of benzene rings is 3. The molecule has 1 aliphatic rings. The average Bonchev–Trinajstić information content (AvgIpc) is 3.30. The molecule has 4 atom stereocenters. The lowest BCUT2D eigenvalue weighted by Crippen LogP contribution is -2.46. The van der Waals surface area contributed by atoms with Crippen molar-refractivity contribution < 1.29 is 38.4 Å². The monoisotopic (exact) mass is 945 g/mol. The number of aromatic nitrogens is 2. The molecule has 69 heavy (non-hydrogen) atoms. The van der Waals surface area contributed by atoms with Gasteiger partial charge in [0, 0.05) is 74.8 Å². The number of nitriles is 1. The Hall–Kier alpha value is -6.94. The first-order chi connectivity index (χ1) is 32.7. The first-order valence-electron chi connectivity index (χ1n) is 23.0. The summed E-state index contributed by atoms with van der Waals surface area (Å²) in [5.74, 6) is -3.60. The Kier molecular flexibility index (Phi) is 18.0. The van der Waals surface area contributed by atoms with Crippen LogP contribution in [0.4, 0.5) is 5.69 Å². The van der Waals surface area contributed by atoms with Gasteiger partial charge in [0.2, 0.25) is 11.8 Å². The van der Waals surface area contributed by atoms with Crippen LogP contribution >= 0.6 is 0 Å². The van der Waals surface area contributed by atoms with Gasteiger partial charge in [-0.1, -0.05) is 45.9 Å². The third kappa shape index (κ3) is 12.8. The van der Waals surface area contributed by atoms with Crippen molar-refractivity contribution in [2.75, 3.05) is 39.9 Å². The van der Waals surface area contributed by atoms with Gasteiger partial charge in [-0.15, -0.1) is 0 Å². The van der Waals surface area contributed by atoms with Crippen LogP contribution in [0.1, 0.15) is 104 Å². The fourth-order valence-electron chi connectivity index (χ4n) is 8.55. The number of Topliss-reactive ketones (excluding diaryl/α,β-unsaturated/α-hetero) is 3. The minimum Gasteiger partial charge on any atom is -0.492 e. The first-order valence-corrected chi connectivity index (χ1v) is 23.0. The molecule has 4 bridgehead atoms. The first kappa shape index (κ1) is 53.0. The fraction of sp³-hybridized carbons (Fsp3) is 0.451. The zero-order chi connectivity index (χ0) is 50.7. The minimum atomic E-state index is -1.30. The number of rotatable bonds is 18. The van der Waals surface area contributed by atoms with E-state index in [9.17, 15) is 39.3 Å². The van der Waals surface area contributed by atoms with Crippen LogP contribution in [-0.2, 0) is 31.0 Å². The highest BCUT2D eigenvalue weighted by atomic mass is 16.6. The Morgan fingerprint density at radius 2 is 1.54 bits per heavy atom. The zero-order valence-corrected chi connectivity index (χ0v) is 40.4. The summed E-state index contributed by atoms with van der Waals surface area (Å²) < 4.78 is 12.2. The predicted molar refractivity (Wildman–Crippen MR) is 259 cm³/mol. The summed E-state index contributed by atoms with van der Waals surface area (Å²) >= 11 is 0. The molecular formula is C51H63N9O9. The SMILES string of the molecule is Cc1nc(-c2ccc(C(C)(C)C)cc2[N+](=O)[O-])nc(C)c1C(=O)C[C@@H](CCN)C(=O)N(C)[C@@H]1C(=O)C[C@@H](C)C(=O)N[C@H](C(=O)CCC#N)Cc2ccc(OCCN)c(c2)-c2cc1ccc2OCCN. The molecular weight excluding hydrogens is 883 g/mol. The predicted octanol–water partition coefficient (Wildman–Crippen LogP) is 5.55. The molecule has 5 rings (SSSR count). The van der Waals surface area contributed by atoms with E-state index < -0.39 is 52.2 Å². The number of nitro benzene ring substituents is 1. The van der Waals surface area contributed by atoms with Crippen LogP contribution < -0.4 is 32.0 Å². The molecule has 0 unspecified atom stereocenters. The number of nitro groups is 1. The van der Waals surface area contributed by atoms with Crippen molar-refractivity contribution >= 4 is 34.9 Å². The van der Waals surface area contributed by atoms with Crippen molar-refractivity contribution in [3.63, 3.8) is 0 Å². The number of hydrogen-bond acceptors (Lipinski definition) is 15. The van der Waals surface area contributed by atoms with Crippen LogP contribution in [-0.4, -0.2) is 94.9 Å². The second-order valence-corrected chi connectivity index (χ2v) is 18.4. The van der Waals surface area contributed by atoms with Crippen LogP contribution in [0.2, 0.25) is 0 Å². The smallest absolute Gasteiger partial charge is 0.280 e. The molecule has 2 amide bonds. The number of nitrogens with one attached hydrogen (secondary N) is 1. The summed E-state index contributed by atoms with van der Waals surface area (Å²) in [5.41, 5.74) is 20.9. The fourth-order valence-corrected chi connectivity index (χ4v) is 8.55. The van der Waals surface area contributed by atoms with Gasteiger partial charge in [-0.25, -0.2) is 9.97 Å². The van der Waals surface area contributed by atoms with E-state index in [-0.39, 0.29) is 117 Å². The lowest BCUT2D eigenvalue weighted by atomic mass is 9.86. The molecule has 0 aliphatic carbocycles. The average molecular weight is 946 g/mol. The van der Waals surface area contributed by atoms with Crippen molar-refractivity contribution in [2.45, 2.75) is 97.6 Å². The Balaban J connectivity index is 1.58. The summed E-state index contributed by atoms with van der Waals surface area (Å²) in [7, 11) is 1.46. The van der Waals surface area contributed by atoms with Crippen molar-refractivity contribution in [1.82, 2.24) is 20.2 Å². The summed E-state index contributed by atoms with van der Waals surface area (Å²) in [6, 6.07) is 14.9. The molecule has 18 nitrogen and oxygen atoms in total. The molecule has 0 saturated heterocycles. The molecule has 1 aliphatic heterocycles. The molecule has 1 aromatic heterocycles. The van der Waals surface area contributed by atoms with E-state index in [1.807, 2.05) is 26.8 Å². The second kappa shape index (κ2) is 23.4. The van der Waals surface area contributed by atoms with Gasteiger partial charge in [-0.05, 0) is 85.7 Å². The number of carbonyl (C=O) groups is 5. The number of fused-ring (bicyclic) bond motifs is 5. The second-order valence-electron chi connectivity index (χ2n) is 18.4. The number of ketones is 3. The lowest BCUT2D eigenvalue weighted by molar-refractivity contribution is -0.384. The van der Waals surface area contributed by atoms with Crippen molar-refractivity contribution in [3.8, 4) is 40.1 Å². The van der Waals surface area contributed by atoms with Gasteiger partial charge >= 0.3 is 0 Å². The number of nitrogens with zero attached hydrogens (tertiary/aromatic N) is 5. The van der Waals surface area contributed by atoms with Crippen molar-refractivity contribution in [1.29, 1.82) is 5.26 Å². The number of hydrogen-bond donors (Lipinski definition) is 4. The van der Waals surface area contributed by atoms with Gasteiger partial charge < -0.3 is 36.9 Å². The van der Waals surface area contributed by atoms with Crippen LogP contribution in [0.5, 0.6) is 11.5 Å². The Bertz CT molecular complexity index is 2610. The van der Waals surface area contributed by atoms with Gasteiger partial charge in [0.05, 0.1) is 39.5 Å². The highest BCUT2D eigenvalue weighted by molar-refractivity contribution is 6.01. The van der Waals surface area contributed by atoms with Crippen LogP contribution in [0.25, 0.3) is 22.5 Å². The van der Waals surface area contributed by atoms with Crippen LogP contribution in [0.3, 0.4) is 0 Å². The molecule has 0 spiro atoms. The van der Waals surface area contributed by atoms with Crippen molar-refractivity contribution in [2.24, 2.45) is 29.0 Å². The summed E-state index contributed by atoms with van der Waals surface area (Å²) in [5, 5.41) is 24.3.